The van der Waals surface area contributed by atoms with E-state index >= 15 is 0 Å². The third-order valence-electron chi connectivity index (χ3n) is 3.83. The van der Waals surface area contributed by atoms with Gasteiger partial charge in [0.05, 0.1) is 12.5 Å². The van der Waals surface area contributed by atoms with E-state index in [2.05, 4.69) is 22.4 Å². The summed E-state index contributed by atoms with van der Waals surface area (Å²) in [7, 11) is 0. The molecule has 1 aromatic heterocycles. The first-order valence-corrected chi connectivity index (χ1v) is 7.26. The molecule has 0 bridgehead atoms. The van der Waals surface area contributed by atoms with Crippen LogP contribution in [0.4, 0.5) is 0 Å². The molecular formula is C16H20N2O2. The number of aromatic amines is 1. The molecule has 1 aromatic carbocycles. The Bertz CT molecular complexity index is 585. The lowest BCUT2D eigenvalue weighted by molar-refractivity contribution is -0.123. The van der Waals surface area contributed by atoms with Crippen LogP contribution in [0.3, 0.4) is 0 Å². The maximum Gasteiger partial charge on any atom is 0.222 e. The summed E-state index contributed by atoms with van der Waals surface area (Å²) in [4.78, 5) is 15.0. The van der Waals surface area contributed by atoms with Gasteiger partial charge in [-0.25, -0.2) is 0 Å². The smallest absolute Gasteiger partial charge is 0.222 e. The number of carbonyl (C=O) groups excluding carboxylic acids is 1. The molecule has 2 heterocycles. The van der Waals surface area contributed by atoms with Gasteiger partial charge in [-0.05, 0) is 30.9 Å². The first kappa shape index (κ1) is 13.2. The fourth-order valence-electron chi connectivity index (χ4n) is 2.76. The van der Waals surface area contributed by atoms with Crippen molar-refractivity contribution in [2.45, 2.75) is 31.8 Å². The molecule has 0 saturated carbocycles. The van der Waals surface area contributed by atoms with Crippen molar-refractivity contribution in [3.63, 3.8) is 0 Å². The molecule has 1 saturated heterocycles. The second-order valence-corrected chi connectivity index (χ2v) is 5.30. The Hall–Kier alpha value is -1.81. The number of para-hydroxylation sites is 1. The monoisotopic (exact) mass is 272 g/mol. The van der Waals surface area contributed by atoms with Crippen LogP contribution in [-0.4, -0.2) is 30.1 Å². The van der Waals surface area contributed by atoms with Crippen molar-refractivity contribution in [3.05, 3.63) is 36.0 Å². The van der Waals surface area contributed by atoms with E-state index in [-0.39, 0.29) is 12.0 Å². The topological polar surface area (TPSA) is 54.1 Å². The second-order valence-electron chi connectivity index (χ2n) is 5.30. The quantitative estimate of drug-likeness (QED) is 0.878. The minimum Gasteiger partial charge on any atom is -0.378 e. The van der Waals surface area contributed by atoms with Crippen molar-refractivity contribution >= 4 is 16.8 Å². The van der Waals surface area contributed by atoms with Gasteiger partial charge in [0, 0.05) is 30.3 Å². The molecule has 1 amide bonds. The summed E-state index contributed by atoms with van der Waals surface area (Å²) in [5.74, 6) is 0.0942. The summed E-state index contributed by atoms with van der Waals surface area (Å²) < 4.78 is 5.47. The lowest BCUT2D eigenvalue weighted by Gasteiger charge is -2.09. The zero-order valence-corrected chi connectivity index (χ0v) is 11.5. The molecule has 106 valence electrons. The summed E-state index contributed by atoms with van der Waals surface area (Å²) in [6.45, 7) is 1.47. The number of fused-ring (bicyclic) bond motifs is 1. The molecular weight excluding hydrogens is 252 g/mol. The van der Waals surface area contributed by atoms with Gasteiger partial charge in [0.1, 0.15) is 0 Å². The number of carbonyl (C=O) groups is 1. The molecule has 1 unspecified atom stereocenters. The van der Waals surface area contributed by atoms with Crippen LogP contribution in [0.25, 0.3) is 10.9 Å². The predicted molar refractivity (Wildman–Crippen MR) is 78.6 cm³/mol. The Morgan fingerprint density at radius 1 is 1.40 bits per heavy atom. The molecule has 0 radical (unpaired) electrons. The normalized spacial score (nSPS) is 18.5. The predicted octanol–water partition coefficient (Wildman–Crippen LogP) is 2.40. The van der Waals surface area contributed by atoms with Gasteiger partial charge in [0.15, 0.2) is 0 Å². The van der Waals surface area contributed by atoms with Crippen molar-refractivity contribution in [3.8, 4) is 0 Å². The molecule has 20 heavy (non-hydrogen) atoms. The summed E-state index contributed by atoms with van der Waals surface area (Å²) in [5, 5.41) is 4.22. The van der Waals surface area contributed by atoms with Crippen molar-refractivity contribution in [2.75, 3.05) is 13.2 Å². The van der Waals surface area contributed by atoms with Gasteiger partial charge in [-0.1, -0.05) is 18.2 Å². The number of hydrogen-bond donors (Lipinski definition) is 2. The van der Waals surface area contributed by atoms with Gasteiger partial charge in [0.2, 0.25) is 5.91 Å². The van der Waals surface area contributed by atoms with E-state index in [9.17, 15) is 4.79 Å². The van der Waals surface area contributed by atoms with Gasteiger partial charge < -0.3 is 15.0 Å². The summed E-state index contributed by atoms with van der Waals surface area (Å²) in [6, 6.07) is 8.23. The highest BCUT2D eigenvalue weighted by atomic mass is 16.5. The van der Waals surface area contributed by atoms with Crippen LogP contribution in [0.1, 0.15) is 24.8 Å². The van der Waals surface area contributed by atoms with Crippen molar-refractivity contribution < 1.29 is 9.53 Å². The van der Waals surface area contributed by atoms with Gasteiger partial charge in [0.25, 0.3) is 0 Å². The maximum absolute atomic E-state index is 11.8. The van der Waals surface area contributed by atoms with Crippen LogP contribution in [0.15, 0.2) is 30.5 Å². The second kappa shape index (κ2) is 6.09. The number of ether oxygens (including phenoxy) is 1. The van der Waals surface area contributed by atoms with Gasteiger partial charge in [-0.15, -0.1) is 0 Å². The van der Waals surface area contributed by atoms with Gasteiger partial charge in [-0.2, -0.15) is 0 Å². The number of rotatable bonds is 5. The van der Waals surface area contributed by atoms with Crippen molar-refractivity contribution in [1.29, 1.82) is 0 Å². The van der Waals surface area contributed by atoms with E-state index in [4.69, 9.17) is 4.74 Å². The first-order chi connectivity index (χ1) is 9.83. The molecule has 1 aliphatic heterocycles. The van der Waals surface area contributed by atoms with Crippen molar-refractivity contribution in [1.82, 2.24) is 10.3 Å². The molecule has 0 aliphatic carbocycles. The molecule has 2 N–H and O–H groups in total. The summed E-state index contributed by atoms with van der Waals surface area (Å²) in [6.07, 6.45) is 5.58. The number of aromatic nitrogens is 1. The van der Waals surface area contributed by atoms with Gasteiger partial charge in [-0.3, -0.25) is 4.79 Å². The standard InChI is InChI=1S/C16H20N2O2/c19-16(10-13-4-3-9-20-13)17-8-7-12-11-18-15-6-2-1-5-14(12)15/h1-2,5-6,11,13,18H,3-4,7-10H2,(H,17,19). The number of H-pyrrole nitrogens is 1. The zero-order valence-electron chi connectivity index (χ0n) is 11.5. The maximum atomic E-state index is 11.8. The number of hydrogen-bond acceptors (Lipinski definition) is 2. The molecule has 1 fully saturated rings. The zero-order chi connectivity index (χ0) is 13.8. The Labute approximate surface area is 118 Å². The van der Waals surface area contributed by atoms with E-state index in [1.54, 1.807) is 0 Å². The van der Waals surface area contributed by atoms with Crippen LogP contribution in [0, 0.1) is 0 Å². The first-order valence-electron chi connectivity index (χ1n) is 7.26. The molecule has 0 spiro atoms. The molecule has 4 nitrogen and oxygen atoms in total. The Balaban J connectivity index is 1.48. The fourth-order valence-corrected chi connectivity index (χ4v) is 2.76. The largest absolute Gasteiger partial charge is 0.378 e. The van der Waals surface area contributed by atoms with Crippen LogP contribution in [-0.2, 0) is 16.0 Å². The van der Waals surface area contributed by atoms with E-state index < -0.39 is 0 Å². The highest BCUT2D eigenvalue weighted by molar-refractivity contribution is 5.83. The van der Waals surface area contributed by atoms with Crippen LogP contribution in [0.5, 0.6) is 0 Å². The summed E-state index contributed by atoms with van der Waals surface area (Å²) in [5.41, 5.74) is 2.39. The van der Waals surface area contributed by atoms with Crippen LogP contribution < -0.4 is 5.32 Å². The highest BCUT2D eigenvalue weighted by Gasteiger charge is 2.18. The molecule has 2 aromatic rings. The van der Waals surface area contributed by atoms with Gasteiger partial charge >= 0.3 is 0 Å². The molecule has 1 atom stereocenters. The number of amides is 1. The lowest BCUT2D eigenvalue weighted by Crippen LogP contribution is -2.28. The molecule has 4 heteroatoms. The van der Waals surface area contributed by atoms with E-state index in [0.29, 0.717) is 13.0 Å². The Kier molecular flexibility index (Phi) is 4.02. The number of nitrogens with one attached hydrogen (secondary N) is 2. The summed E-state index contributed by atoms with van der Waals surface area (Å²) >= 11 is 0. The molecule has 1 aliphatic rings. The molecule has 3 rings (SSSR count). The Morgan fingerprint density at radius 3 is 3.15 bits per heavy atom. The fraction of sp³-hybridized carbons (Fsp3) is 0.438. The SMILES string of the molecule is O=C(CC1CCCO1)NCCc1c[nH]c2ccccc12. The Morgan fingerprint density at radius 2 is 2.30 bits per heavy atom. The minimum atomic E-state index is 0.0942. The minimum absolute atomic E-state index is 0.0942. The lowest BCUT2D eigenvalue weighted by atomic mass is 10.1. The third-order valence-corrected chi connectivity index (χ3v) is 3.83. The van der Waals surface area contributed by atoms with Crippen LogP contribution in [0.2, 0.25) is 0 Å². The van der Waals surface area contributed by atoms with Crippen LogP contribution >= 0.6 is 0 Å². The highest BCUT2D eigenvalue weighted by Crippen LogP contribution is 2.18. The number of benzene rings is 1. The van der Waals surface area contributed by atoms with Crippen molar-refractivity contribution in [2.24, 2.45) is 0 Å². The van der Waals surface area contributed by atoms with E-state index in [1.807, 2.05) is 18.3 Å². The third kappa shape index (κ3) is 3.02. The van der Waals surface area contributed by atoms with E-state index in [1.165, 1.54) is 10.9 Å². The van der Waals surface area contributed by atoms with E-state index in [0.717, 1.165) is 31.4 Å². The average molecular weight is 272 g/mol. The average Bonchev–Trinajstić information content (AvgIpc) is 3.09.